The molecule has 1 aromatic carbocycles. The molecule has 1 saturated heterocycles. The molecule has 1 fully saturated rings. The van der Waals surface area contributed by atoms with Crippen molar-refractivity contribution in [2.45, 2.75) is 39.5 Å². The summed E-state index contributed by atoms with van der Waals surface area (Å²) in [6, 6.07) is 8.37. The van der Waals surface area contributed by atoms with E-state index in [0.29, 0.717) is 32.3 Å². The Morgan fingerprint density at radius 3 is 2.59 bits per heavy atom. The van der Waals surface area contributed by atoms with Crippen LogP contribution in [0.2, 0.25) is 0 Å². The van der Waals surface area contributed by atoms with Crippen molar-refractivity contribution in [1.82, 2.24) is 10.2 Å². The number of ether oxygens (including phenoxy) is 3. The first-order valence-electron chi connectivity index (χ1n) is 10.8. The fourth-order valence-corrected chi connectivity index (χ4v) is 3.35. The summed E-state index contributed by atoms with van der Waals surface area (Å²) in [4.78, 5) is 7.08. The van der Waals surface area contributed by atoms with E-state index in [1.54, 1.807) is 7.11 Å². The fraction of sp³-hybridized carbons (Fsp3) is 0.696. The first-order chi connectivity index (χ1) is 13.9. The van der Waals surface area contributed by atoms with E-state index >= 15 is 0 Å². The molecule has 6 heteroatoms. The van der Waals surface area contributed by atoms with E-state index in [-0.39, 0.29) is 5.41 Å². The number of rotatable bonds is 10. The Hall–Kier alpha value is -1.79. The predicted molar refractivity (Wildman–Crippen MR) is 119 cm³/mol. The topological polar surface area (TPSA) is 55.3 Å². The molecule has 0 saturated carbocycles. The minimum Gasteiger partial charge on any atom is -0.492 e. The number of likely N-dealkylation sites (tertiary alicyclic amines) is 1. The molecule has 0 radical (unpaired) electrons. The van der Waals surface area contributed by atoms with Crippen molar-refractivity contribution in [3.05, 3.63) is 29.8 Å². The van der Waals surface area contributed by atoms with Gasteiger partial charge in [-0.25, -0.2) is 4.99 Å². The SMILES string of the molecule is CCNC(=NCCOc1ccc(C(C)(C)C)cc1)N1CCC(COCCOC)C1. The highest BCUT2D eigenvalue weighted by atomic mass is 16.5. The maximum absolute atomic E-state index is 5.88. The molecular formula is C23H39N3O3. The summed E-state index contributed by atoms with van der Waals surface area (Å²) >= 11 is 0. The number of aliphatic imine (C=N–C) groups is 1. The van der Waals surface area contributed by atoms with Crippen LogP contribution in [0, 0.1) is 5.92 Å². The Labute approximate surface area is 176 Å². The normalized spacial score (nSPS) is 17.6. The third-order valence-corrected chi connectivity index (χ3v) is 5.05. The third kappa shape index (κ3) is 8.23. The van der Waals surface area contributed by atoms with Crippen molar-refractivity contribution in [1.29, 1.82) is 0 Å². The average Bonchev–Trinajstić information content (AvgIpc) is 3.16. The van der Waals surface area contributed by atoms with E-state index in [9.17, 15) is 0 Å². The Morgan fingerprint density at radius 2 is 1.93 bits per heavy atom. The highest BCUT2D eigenvalue weighted by molar-refractivity contribution is 5.80. The van der Waals surface area contributed by atoms with Gasteiger partial charge in [0.1, 0.15) is 12.4 Å². The van der Waals surface area contributed by atoms with Gasteiger partial charge in [-0.3, -0.25) is 0 Å². The van der Waals surface area contributed by atoms with Crippen molar-refractivity contribution in [3.63, 3.8) is 0 Å². The van der Waals surface area contributed by atoms with E-state index in [0.717, 1.165) is 44.4 Å². The summed E-state index contributed by atoms with van der Waals surface area (Å²) in [5.74, 6) is 2.42. The first-order valence-corrected chi connectivity index (χ1v) is 10.8. The molecule has 0 spiro atoms. The zero-order valence-electron chi connectivity index (χ0n) is 18.9. The maximum Gasteiger partial charge on any atom is 0.194 e. The lowest BCUT2D eigenvalue weighted by molar-refractivity contribution is 0.0536. The molecule has 1 unspecified atom stereocenters. The van der Waals surface area contributed by atoms with Gasteiger partial charge >= 0.3 is 0 Å². The Kier molecular flexibility index (Phi) is 9.74. The fourth-order valence-electron chi connectivity index (χ4n) is 3.35. The van der Waals surface area contributed by atoms with Crippen LogP contribution >= 0.6 is 0 Å². The summed E-state index contributed by atoms with van der Waals surface area (Å²) in [5.41, 5.74) is 1.47. The molecule has 1 aliphatic rings. The van der Waals surface area contributed by atoms with Crippen LogP contribution in [0.1, 0.15) is 39.7 Å². The third-order valence-electron chi connectivity index (χ3n) is 5.05. The van der Waals surface area contributed by atoms with Crippen LogP contribution < -0.4 is 10.1 Å². The number of guanidine groups is 1. The molecule has 0 amide bonds. The second kappa shape index (κ2) is 12.0. The zero-order valence-corrected chi connectivity index (χ0v) is 18.9. The molecule has 2 rings (SSSR count). The molecule has 0 bridgehead atoms. The van der Waals surface area contributed by atoms with E-state index in [2.05, 4.69) is 50.0 Å². The highest BCUT2D eigenvalue weighted by Gasteiger charge is 2.24. The first kappa shape index (κ1) is 23.5. The average molecular weight is 406 g/mol. The standard InChI is InChI=1S/C23H39N3O3/c1-6-24-22(26-13-11-19(17-26)18-28-16-15-27-5)25-12-14-29-21-9-7-20(8-10-21)23(2,3)4/h7-10,19H,6,11-18H2,1-5H3,(H,24,25). The number of nitrogens with one attached hydrogen (secondary N) is 1. The lowest BCUT2D eigenvalue weighted by Crippen LogP contribution is -2.40. The van der Waals surface area contributed by atoms with Crippen molar-refractivity contribution in [2.75, 3.05) is 59.7 Å². The van der Waals surface area contributed by atoms with Crippen LogP contribution in [0.3, 0.4) is 0 Å². The van der Waals surface area contributed by atoms with E-state index in [4.69, 9.17) is 19.2 Å². The lowest BCUT2D eigenvalue weighted by atomic mass is 9.87. The van der Waals surface area contributed by atoms with Crippen LogP contribution in [0.4, 0.5) is 0 Å². The largest absolute Gasteiger partial charge is 0.492 e. The molecule has 1 heterocycles. The Bertz CT molecular complexity index is 611. The number of methoxy groups -OCH3 is 1. The van der Waals surface area contributed by atoms with Gasteiger partial charge in [-0.1, -0.05) is 32.9 Å². The smallest absolute Gasteiger partial charge is 0.194 e. The molecule has 1 aliphatic heterocycles. The number of benzene rings is 1. The van der Waals surface area contributed by atoms with Gasteiger partial charge in [-0.15, -0.1) is 0 Å². The van der Waals surface area contributed by atoms with Gasteiger partial charge in [-0.05, 0) is 36.5 Å². The highest BCUT2D eigenvalue weighted by Crippen LogP contribution is 2.24. The van der Waals surface area contributed by atoms with Crippen LogP contribution in [0.25, 0.3) is 0 Å². The molecule has 0 aromatic heterocycles. The number of nitrogens with zero attached hydrogens (tertiary/aromatic N) is 2. The predicted octanol–water partition coefficient (Wildman–Crippen LogP) is 3.31. The van der Waals surface area contributed by atoms with Crippen molar-refractivity contribution in [3.8, 4) is 5.75 Å². The summed E-state index contributed by atoms with van der Waals surface area (Å²) in [6.07, 6.45) is 1.13. The van der Waals surface area contributed by atoms with Crippen LogP contribution in [-0.2, 0) is 14.9 Å². The molecule has 1 atom stereocenters. The summed E-state index contributed by atoms with van der Waals surface area (Å²) in [5, 5.41) is 3.40. The van der Waals surface area contributed by atoms with Crippen molar-refractivity contribution >= 4 is 5.96 Å². The summed E-state index contributed by atoms with van der Waals surface area (Å²) < 4.78 is 16.6. The molecule has 1 N–H and O–H groups in total. The molecular weight excluding hydrogens is 366 g/mol. The Morgan fingerprint density at radius 1 is 1.17 bits per heavy atom. The van der Waals surface area contributed by atoms with E-state index in [1.807, 2.05) is 12.1 Å². The molecule has 1 aromatic rings. The number of hydrogen-bond donors (Lipinski definition) is 1. The van der Waals surface area contributed by atoms with Crippen molar-refractivity contribution < 1.29 is 14.2 Å². The minimum atomic E-state index is 0.159. The molecule has 0 aliphatic carbocycles. The van der Waals surface area contributed by atoms with E-state index < -0.39 is 0 Å². The second-order valence-corrected chi connectivity index (χ2v) is 8.53. The second-order valence-electron chi connectivity index (χ2n) is 8.53. The minimum absolute atomic E-state index is 0.159. The summed E-state index contributed by atoms with van der Waals surface area (Å²) in [6.45, 7) is 14.9. The van der Waals surface area contributed by atoms with Gasteiger partial charge in [0.15, 0.2) is 5.96 Å². The monoisotopic (exact) mass is 405 g/mol. The van der Waals surface area contributed by atoms with Gasteiger partial charge in [0.25, 0.3) is 0 Å². The lowest BCUT2D eigenvalue weighted by Gasteiger charge is -2.22. The Balaban J connectivity index is 1.77. The van der Waals surface area contributed by atoms with Crippen LogP contribution in [0.15, 0.2) is 29.3 Å². The van der Waals surface area contributed by atoms with Crippen LogP contribution in [0.5, 0.6) is 5.75 Å². The van der Waals surface area contributed by atoms with Gasteiger partial charge in [0.05, 0.1) is 26.4 Å². The van der Waals surface area contributed by atoms with Crippen molar-refractivity contribution in [2.24, 2.45) is 10.9 Å². The number of hydrogen-bond acceptors (Lipinski definition) is 4. The summed E-state index contributed by atoms with van der Waals surface area (Å²) in [7, 11) is 1.70. The quantitative estimate of drug-likeness (QED) is 0.368. The molecule has 164 valence electrons. The van der Waals surface area contributed by atoms with Gasteiger partial charge in [0.2, 0.25) is 0 Å². The van der Waals surface area contributed by atoms with Gasteiger partial charge in [-0.2, -0.15) is 0 Å². The molecule has 6 nitrogen and oxygen atoms in total. The van der Waals surface area contributed by atoms with Gasteiger partial charge in [0, 0.05) is 32.7 Å². The van der Waals surface area contributed by atoms with Gasteiger partial charge < -0.3 is 24.4 Å². The maximum atomic E-state index is 5.88. The van der Waals surface area contributed by atoms with E-state index in [1.165, 1.54) is 5.56 Å². The van der Waals surface area contributed by atoms with Crippen LogP contribution in [-0.4, -0.2) is 70.6 Å². The zero-order chi connectivity index (χ0) is 21.1. The molecule has 29 heavy (non-hydrogen) atoms.